The van der Waals surface area contributed by atoms with Crippen molar-refractivity contribution in [1.29, 1.82) is 0 Å². The molecule has 2 N–H and O–H groups in total. The van der Waals surface area contributed by atoms with Crippen molar-refractivity contribution in [2.24, 2.45) is 11.8 Å². The fraction of sp³-hybridized carbons (Fsp3) is 0.842. The van der Waals surface area contributed by atoms with Gasteiger partial charge in [-0.2, -0.15) is 0 Å². The van der Waals surface area contributed by atoms with Crippen LogP contribution in [0, 0.1) is 11.8 Å². The molecular formula is C19H28O6. The predicted octanol–water partition coefficient (Wildman–Crippen LogP) is 1.68. The van der Waals surface area contributed by atoms with Gasteiger partial charge in [0.25, 0.3) is 0 Å². The van der Waals surface area contributed by atoms with Crippen LogP contribution in [0.2, 0.25) is 0 Å². The molecule has 1 saturated carbocycles. The lowest BCUT2D eigenvalue weighted by Crippen LogP contribution is -2.47. The minimum absolute atomic E-state index is 0.240. The molecule has 2 saturated heterocycles. The minimum Gasteiger partial charge on any atom is -0.456 e. The second-order valence-corrected chi connectivity index (χ2v) is 8.43. The van der Waals surface area contributed by atoms with Crippen LogP contribution in [-0.2, 0) is 19.0 Å². The first-order valence-electron chi connectivity index (χ1n) is 9.51. The molecule has 3 fully saturated rings. The molecule has 0 bridgehead atoms. The topological polar surface area (TPSA) is 85.2 Å². The third-order valence-corrected chi connectivity index (χ3v) is 5.99. The third-order valence-electron chi connectivity index (χ3n) is 5.99. The molecule has 3 aliphatic heterocycles. The van der Waals surface area contributed by atoms with Crippen LogP contribution < -0.4 is 0 Å². The number of carbonyl (C=O) groups is 1. The van der Waals surface area contributed by atoms with Gasteiger partial charge in [-0.3, -0.25) is 0 Å². The van der Waals surface area contributed by atoms with Crippen molar-refractivity contribution in [3.05, 3.63) is 12.2 Å². The van der Waals surface area contributed by atoms with Crippen molar-refractivity contribution in [3.63, 3.8) is 0 Å². The van der Waals surface area contributed by atoms with E-state index in [4.69, 9.17) is 14.2 Å². The number of aliphatic hydroxyl groups excluding tert-OH is 2. The van der Waals surface area contributed by atoms with E-state index in [0.717, 1.165) is 12.3 Å². The summed E-state index contributed by atoms with van der Waals surface area (Å²) in [6, 6.07) is 0. The number of fused-ring (bicyclic) bond motifs is 1. The molecule has 4 rings (SSSR count). The average molecular weight is 352 g/mol. The second kappa shape index (κ2) is 6.65. The van der Waals surface area contributed by atoms with E-state index in [1.807, 2.05) is 0 Å². The zero-order valence-electron chi connectivity index (χ0n) is 14.7. The first-order valence-corrected chi connectivity index (χ1v) is 9.51. The Morgan fingerprint density at radius 3 is 2.80 bits per heavy atom. The van der Waals surface area contributed by atoms with Gasteiger partial charge in [0.2, 0.25) is 0 Å². The molecule has 0 amide bonds. The molecule has 0 aromatic carbocycles. The molecule has 0 aromatic heterocycles. The molecular weight excluding hydrogens is 324 g/mol. The Labute approximate surface area is 148 Å². The Morgan fingerprint density at radius 1 is 1.24 bits per heavy atom. The van der Waals surface area contributed by atoms with Crippen LogP contribution >= 0.6 is 0 Å². The summed E-state index contributed by atoms with van der Waals surface area (Å²) in [5.41, 5.74) is 0. The highest BCUT2D eigenvalue weighted by Crippen LogP contribution is 2.44. The predicted molar refractivity (Wildman–Crippen MR) is 88.5 cm³/mol. The summed E-state index contributed by atoms with van der Waals surface area (Å²) in [7, 11) is 0. The minimum atomic E-state index is -0.919. The van der Waals surface area contributed by atoms with Gasteiger partial charge < -0.3 is 24.4 Å². The highest BCUT2D eigenvalue weighted by atomic mass is 16.7. The van der Waals surface area contributed by atoms with E-state index in [2.05, 4.69) is 6.92 Å². The van der Waals surface area contributed by atoms with Crippen molar-refractivity contribution < 1.29 is 29.2 Å². The van der Waals surface area contributed by atoms with Crippen LogP contribution in [0.25, 0.3) is 0 Å². The van der Waals surface area contributed by atoms with E-state index in [1.165, 1.54) is 18.9 Å². The van der Waals surface area contributed by atoms with E-state index in [-0.39, 0.29) is 24.3 Å². The Bertz CT molecular complexity index is 542. The second-order valence-electron chi connectivity index (χ2n) is 8.43. The van der Waals surface area contributed by atoms with E-state index < -0.39 is 18.0 Å². The van der Waals surface area contributed by atoms with Crippen molar-refractivity contribution in [2.45, 2.75) is 88.2 Å². The highest BCUT2D eigenvalue weighted by Gasteiger charge is 2.53. The van der Waals surface area contributed by atoms with Crippen LogP contribution in [0.5, 0.6) is 0 Å². The van der Waals surface area contributed by atoms with Crippen LogP contribution in [0.3, 0.4) is 0 Å². The molecule has 1 spiro atoms. The first-order chi connectivity index (χ1) is 11.9. The molecule has 4 unspecified atom stereocenters. The maximum absolute atomic E-state index is 11.4. The van der Waals surface area contributed by atoms with Gasteiger partial charge in [0, 0.05) is 18.9 Å². The largest absolute Gasteiger partial charge is 0.456 e. The molecule has 1 aliphatic carbocycles. The molecule has 6 heteroatoms. The summed E-state index contributed by atoms with van der Waals surface area (Å²) < 4.78 is 17.5. The molecule has 25 heavy (non-hydrogen) atoms. The van der Waals surface area contributed by atoms with E-state index in [0.29, 0.717) is 31.6 Å². The summed E-state index contributed by atoms with van der Waals surface area (Å²) in [5.74, 6) is 0.110. The third kappa shape index (κ3) is 3.77. The van der Waals surface area contributed by atoms with Crippen molar-refractivity contribution in [1.82, 2.24) is 0 Å². The number of hydrogen-bond donors (Lipinski definition) is 2. The van der Waals surface area contributed by atoms with Crippen molar-refractivity contribution >= 4 is 5.97 Å². The molecule has 3 heterocycles. The number of esters is 1. The molecule has 6 atom stereocenters. The standard InChI is InChI=1S/C19H28O6/c1-11-4-12(5-11)6-13(20)7-15-8-14(21)9-19(24-15)10-17-16(25-19)2-3-18(22)23-17/h2-3,11-17,20-21H,4-10H2,1H3/t11?,12?,13?,14?,15?,16-,17-,19?/m0/s1. The normalized spacial score (nSPS) is 47.2. The highest BCUT2D eigenvalue weighted by molar-refractivity contribution is 5.83. The van der Waals surface area contributed by atoms with Gasteiger partial charge in [-0.05, 0) is 50.0 Å². The van der Waals surface area contributed by atoms with Crippen LogP contribution in [0.4, 0.5) is 0 Å². The zero-order valence-corrected chi connectivity index (χ0v) is 14.7. The zero-order chi connectivity index (χ0) is 17.6. The van der Waals surface area contributed by atoms with Gasteiger partial charge >= 0.3 is 5.97 Å². The van der Waals surface area contributed by atoms with Gasteiger partial charge in [-0.1, -0.05) is 6.92 Å². The summed E-state index contributed by atoms with van der Waals surface area (Å²) in [6.07, 6.45) is 6.24. The molecule has 0 aromatic rings. The van der Waals surface area contributed by atoms with Gasteiger partial charge in [-0.25, -0.2) is 4.79 Å². The van der Waals surface area contributed by atoms with Crippen LogP contribution in [0.1, 0.15) is 51.9 Å². The Kier molecular flexibility index (Phi) is 4.65. The van der Waals surface area contributed by atoms with Gasteiger partial charge in [0.05, 0.1) is 18.3 Å². The number of ether oxygens (including phenoxy) is 3. The molecule has 4 aliphatic rings. The Morgan fingerprint density at radius 2 is 2.04 bits per heavy atom. The van der Waals surface area contributed by atoms with Gasteiger partial charge in [-0.15, -0.1) is 0 Å². The summed E-state index contributed by atoms with van der Waals surface area (Å²) in [5, 5.41) is 20.7. The maximum atomic E-state index is 11.4. The lowest BCUT2D eigenvalue weighted by atomic mass is 9.73. The number of carbonyl (C=O) groups excluding carboxylic acids is 1. The van der Waals surface area contributed by atoms with E-state index >= 15 is 0 Å². The van der Waals surface area contributed by atoms with Crippen molar-refractivity contribution in [2.75, 3.05) is 0 Å². The monoisotopic (exact) mass is 352 g/mol. The van der Waals surface area contributed by atoms with E-state index in [9.17, 15) is 15.0 Å². The number of rotatable bonds is 4. The van der Waals surface area contributed by atoms with Gasteiger partial charge in [0.15, 0.2) is 5.79 Å². The SMILES string of the molecule is CC1CC(CC(O)CC2CC(O)CC3(C[C@@H]4OC(=O)C=C[C@@H]4O3)O2)C1. The Balaban J connectivity index is 1.35. The Hall–Kier alpha value is -0.950. The first kappa shape index (κ1) is 17.5. The van der Waals surface area contributed by atoms with Crippen LogP contribution in [-0.4, -0.2) is 52.5 Å². The lowest BCUT2D eigenvalue weighted by molar-refractivity contribution is -0.285. The summed E-state index contributed by atoms with van der Waals surface area (Å²) >= 11 is 0. The average Bonchev–Trinajstić information content (AvgIpc) is 2.80. The number of aliphatic hydroxyl groups is 2. The molecule has 0 radical (unpaired) electrons. The smallest absolute Gasteiger partial charge is 0.330 e. The van der Waals surface area contributed by atoms with Crippen molar-refractivity contribution in [3.8, 4) is 0 Å². The molecule has 140 valence electrons. The fourth-order valence-electron chi connectivity index (χ4n) is 4.97. The molecule has 6 nitrogen and oxygen atoms in total. The quantitative estimate of drug-likeness (QED) is 0.749. The number of hydrogen-bond acceptors (Lipinski definition) is 6. The maximum Gasteiger partial charge on any atom is 0.330 e. The fourth-order valence-corrected chi connectivity index (χ4v) is 4.97. The van der Waals surface area contributed by atoms with Crippen LogP contribution in [0.15, 0.2) is 12.2 Å². The van der Waals surface area contributed by atoms with Gasteiger partial charge in [0.1, 0.15) is 12.2 Å². The summed E-state index contributed by atoms with van der Waals surface area (Å²) in [6.45, 7) is 2.24. The van der Waals surface area contributed by atoms with E-state index in [1.54, 1.807) is 6.08 Å². The summed E-state index contributed by atoms with van der Waals surface area (Å²) in [4.78, 5) is 11.4. The lowest BCUT2D eigenvalue weighted by Gasteiger charge is -2.41.